The van der Waals surface area contributed by atoms with E-state index in [4.69, 9.17) is 10.2 Å². The number of nitriles is 1. The lowest BCUT2D eigenvalue weighted by Gasteiger charge is -2.16. The number of aromatic nitrogens is 2. The average Bonchev–Trinajstić information content (AvgIpc) is 2.87. The summed E-state index contributed by atoms with van der Waals surface area (Å²) >= 11 is 2.90. The second-order valence-electron chi connectivity index (χ2n) is 6.86. The van der Waals surface area contributed by atoms with Gasteiger partial charge < -0.3 is 4.90 Å². The Bertz CT molecular complexity index is 987. The van der Waals surface area contributed by atoms with Gasteiger partial charge in [0.1, 0.15) is 4.83 Å². The largest absolute Gasteiger partial charge is 0.344 e. The molecule has 6 nitrogen and oxygen atoms in total. The fourth-order valence-corrected chi connectivity index (χ4v) is 5.63. The Balaban J connectivity index is 1.93. The summed E-state index contributed by atoms with van der Waals surface area (Å²) in [5.41, 5.74) is 1.15. The molecule has 0 unspecified atom stereocenters. The van der Waals surface area contributed by atoms with E-state index < -0.39 is 0 Å². The maximum atomic E-state index is 13.2. The van der Waals surface area contributed by atoms with Gasteiger partial charge in [-0.15, -0.1) is 17.9 Å². The van der Waals surface area contributed by atoms with E-state index >= 15 is 0 Å². The van der Waals surface area contributed by atoms with Crippen LogP contribution in [-0.4, -0.2) is 39.7 Å². The fourth-order valence-electron chi connectivity index (χ4n) is 3.38. The molecule has 0 aliphatic heterocycles. The second-order valence-corrected chi connectivity index (χ2v) is 8.88. The number of fused-ring (bicyclic) bond motifs is 3. The third-order valence-electron chi connectivity index (χ3n) is 4.91. The number of carbonyl (C=O) groups is 1. The number of aryl methyl sites for hydroxylation is 2. The predicted octanol–water partition coefficient (Wildman–Crippen LogP) is 3.38. The van der Waals surface area contributed by atoms with Crippen molar-refractivity contribution in [2.45, 2.75) is 50.2 Å². The first-order chi connectivity index (χ1) is 13.6. The Morgan fingerprint density at radius 1 is 1.43 bits per heavy atom. The lowest BCUT2D eigenvalue weighted by molar-refractivity contribution is -0.127. The predicted molar refractivity (Wildman–Crippen MR) is 114 cm³/mol. The number of hydrogen-bond donors (Lipinski definition) is 0. The number of carbonyl (C=O) groups excluding carboxylic acids is 1. The van der Waals surface area contributed by atoms with E-state index in [0.717, 1.165) is 35.9 Å². The van der Waals surface area contributed by atoms with E-state index in [1.165, 1.54) is 33.5 Å². The molecule has 0 atom stereocenters. The van der Waals surface area contributed by atoms with Gasteiger partial charge in [-0.05, 0) is 31.2 Å². The van der Waals surface area contributed by atoms with Crippen molar-refractivity contribution >= 4 is 39.2 Å². The van der Waals surface area contributed by atoms with Gasteiger partial charge in [0, 0.05) is 25.0 Å². The van der Waals surface area contributed by atoms with Crippen LogP contribution < -0.4 is 5.56 Å². The Morgan fingerprint density at radius 2 is 2.21 bits per heavy atom. The molecule has 1 aliphatic carbocycles. The van der Waals surface area contributed by atoms with Crippen molar-refractivity contribution in [1.82, 2.24) is 14.5 Å². The molecule has 0 radical (unpaired) electrons. The summed E-state index contributed by atoms with van der Waals surface area (Å²) in [5, 5.41) is 9.98. The maximum absolute atomic E-state index is 13.2. The van der Waals surface area contributed by atoms with E-state index in [1.807, 2.05) is 6.07 Å². The smallest absolute Gasteiger partial charge is 0.263 e. The highest BCUT2D eigenvalue weighted by Gasteiger charge is 2.22. The number of hydrogen-bond acceptors (Lipinski definition) is 6. The summed E-state index contributed by atoms with van der Waals surface area (Å²) in [6, 6.07) is 2.04. The topological polar surface area (TPSA) is 79.0 Å². The zero-order chi connectivity index (χ0) is 20.1. The summed E-state index contributed by atoms with van der Waals surface area (Å²) in [6.45, 7) is 4.54. The van der Waals surface area contributed by atoms with Crippen LogP contribution in [0, 0.1) is 11.3 Å². The van der Waals surface area contributed by atoms with Crippen molar-refractivity contribution in [2.75, 3.05) is 19.3 Å². The number of rotatable bonds is 7. The average molecular weight is 417 g/mol. The molecule has 8 heteroatoms. The van der Waals surface area contributed by atoms with Crippen molar-refractivity contribution < 1.29 is 4.79 Å². The molecular formula is C20H24N4O2S2. The zero-order valence-electron chi connectivity index (χ0n) is 16.1. The molecule has 0 bridgehead atoms. The van der Waals surface area contributed by atoms with Gasteiger partial charge >= 0.3 is 0 Å². The van der Waals surface area contributed by atoms with Crippen molar-refractivity contribution in [3.8, 4) is 6.07 Å². The number of nitrogens with zero attached hydrogens (tertiary/aromatic N) is 4. The minimum absolute atomic E-state index is 0.0305. The Hall–Kier alpha value is -2.11. The quantitative estimate of drug-likeness (QED) is 0.299. The zero-order valence-corrected chi connectivity index (χ0v) is 17.7. The molecular weight excluding hydrogens is 392 g/mol. The van der Waals surface area contributed by atoms with Crippen molar-refractivity contribution in [1.29, 1.82) is 5.26 Å². The van der Waals surface area contributed by atoms with Gasteiger partial charge in [-0.25, -0.2) is 4.98 Å². The lowest BCUT2D eigenvalue weighted by atomic mass is 10.1. The molecule has 1 aliphatic rings. The summed E-state index contributed by atoms with van der Waals surface area (Å²) in [4.78, 5) is 33.9. The first-order valence-corrected chi connectivity index (χ1v) is 11.3. The first-order valence-electron chi connectivity index (χ1n) is 9.46. The molecule has 148 valence electrons. The van der Waals surface area contributed by atoms with Gasteiger partial charge in [-0.1, -0.05) is 24.3 Å². The Labute approximate surface area is 172 Å². The van der Waals surface area contributed by atoms with Gasteiger partial charge in [0.15, 0.2) is 5.16 Å². The molecule has 2 aromatic heterocycles. The van der Waals surface area contributed by atoms with Crippen LogP contribution in [0.5, 0.6) is 0 Å². The van der Waals surface area contributed by atoms with Crippen molar-refractivity contribution in [3.63, 3.8) is 0 Å². The highest BCUT2D eigenvalue weighted by molar-refractivity contribution is 7.99. The van der Waals surface area contributed by atoms with E-state index in [2.05, 4.69) is 6.58 Å². The van der Waals surface area contributed by atoms with Gasteiger partial charge in [-0.3, -0.25) is 14.2 Å². The lowest BCUT2D eigenvalue weighted by Crippen LogP contribution is -2.30. The molecule has 0 saturated heterocycles. The summed E-state index contributed by atoms with van der Waals surface area (Å²) in [7, 11) is 1.68. The number of thiophene rings is 1. The highest BCUT2D eigenvalue weighted by Crippen LogP contribution is 2.34. The molecule has 0 aromatic carbocycles. The van der Waals surface area contributed by atoms with Crippen LogP contribution in [-0.2, 0) is 24.2 Å². The number of amides is 1. The van der Waals surface area contributed by atoms with E-state index in [1.54, 1.807) is 29.0 Å². The number of allylic oxidation sites excluding steroid dienone is 1. The molecule has 0 fully saturated rings. The molecule has 0 spiro atoms. The third-order valence-corrected chi connectivity index (χ3v) is 7.06. The van der Waals surface area contributed by atoms with Crippen LogP contribution in [0.2, 0.25) is 0 Å². The highest BCUT2D eigenvalue weighted by atomic mass is 32.2. The molecule has 2 heterocycles. The molecule has 1 amide bonds. The van der Waals surface area contributed by atoms with Gasteiger partial charge in [0.25, 0.3) is 5.56 Å². The summed E-state index contributed by atoms with van der Waals surface area (Å²) in [5.74, 6) is 0.101. The fraction of sp³-hybridized carbons (Fsp3) is 0.500. The normalized spacial score (nSPS) is 13.6. The SMILES string of the molecule is C=CCn1c(SCC(=O)N(C)CCC#N)nc2sc3c(c2c1=O)CCCCC3. The van der Waals surface area contributed by atoms with Crippen LogP contribution >= 0.6 is 23.1 Å². The van der Waals surface area contributed by atoms with Crippen LogP contribution in [0.1, 0.15) is 36.1 Å². The second kappa shape index (κ2) is 9.39. The standard InChI is InChI=1S/C20H24N4O2S2/c1-3-11-24-19(26)17-14-8-5-4-6-9-15(14)28-18(17)22-20(24)27-13-16(25)23(2)12-7-10-21/h3H,1,4-9,11-13H2,2H3. The van der Waals surface area contributed by atoms with Crippen LogP contribution in [0.3, 0.4) is 0 Å². The maximum Gasteiger partial charge on any atom is 0.263 e. The Morgan fingerprint density at radius 3 is 2.96 bits per heavy atom. The van der Waals surface area contributed by atoms with Gasteiger partial charge in [0.2, 0.25) is 5.91 Å². The minimum atomic E-state index is -0.0817. The summed E-state index contributed by atoms with van der Waals surface area (Å²) < 4.78 is 1.63. The molecule has 2 aromatic rings. The van der Waals surface area contributed by atoms with Crippen LogP contribution in [0.25, 0.3) is 10.2 Å². The van der Waals surface area contributed by atoms with Crippen LogP contribution in [0.4, 0.5) is 0 Å². The number of thioether (sulfide) groups is 1. The van der Waals surface area contributed by atoms with Crippen molar-refractivity contribution in [3.05, 3.63) is 33.4 Å². The molecule has 0 saturated carbocycles. The summed E-state index contributed by atoms with van der Waals surface area (Å²) in [6.07, 6.45) is 7.42. The third kappa shape index (κ3) is 4.31. The first kappa shape index (κ1) is 20.6. The van der Waals surface area contributed by atoms with E-state index in [-0.39, 0.29) is 17.2 Å². The molecule has 28 heavy (non-hydrogen) atoms. The van der Waals surface area contributed by atoms with E-state index in [9.17, 15) is 9.59 Å². The van der Waals surface area contributed by atoms with Crippen LogP contribution in [0.15, 0.2) is 22.6 Å². The van der Waals surface area contributed by atoms with E-state index in [0.29, 0.717) is 24.7 Å². The van der Waals surface area contributed by atoms with Gasteiger partial charge in [-0.2, -0.15) is 5.26 Å². The van der Waals surface area contributed by atoms with Crippen molar-refractivity contribution in [2.24, 2.45) is 0 Å². The Kier molecular flexibility index (Phi) is 6.92. The monoisotopic (exact) mass is 416 g/mol. The van der Waals surface area contributed by atoms with Gasteiger partial charge in [0.05, 0.1) is 23.6 Å². The molecule has 0 N–H and O–H groups in total. The molecule has 3 rings (SSSR count). The minimum Gasteiger partial charge on any atom is -0.344 e.